The molecule has 1 atom stereocenters. The topological polar surface area (TPSA) is 12.0 Å². The van der Waals surface area contributed by atoms with Gasteiger partial charge in [0.1, 0.15) is 5.82 Å². The van der Waals surface area contributed by atoms with Crippen molar-refractivity contribution in [3.63, 3.8) is 0 Å². The third-order valence-corrected chi connectivity index (χ3v) is 2.94. The van der Waals surface area contributed by atoms with E-state index in [2.05, 4.69) is 18.8 Å². The molecule has 0 radical (unpaired) electrons. The van der Waals surface area contributed by atoms with E-state index in [1.807, 2.05) is 6.08 Å². The maximum atomic E-state index is 13.1. The molecule has 0 saturated heterocycles. The molecule has 0 aliphatic rings. The van der Waals surface area contributed by atoms with Crippen LogP contribution in [-0.2, 0) is 0 Å². The van der Waals surface area contributed by atoms with Crippen molar-refractivity contribution >= 4 is 11.6 Å². The van der Waals surface area contributed by atoms with E-state index < -0.39 is 0 Å². The van der Waals surface area contributed by atoms with Gasteiger partial charge in [0.25, 0.3) is 0 Å². The summed E-state index contributed by atoms with van der Waals surface area (Å²) >= 11 is 5.80. The molecule has 3 heteroatoms. The van der Waals surface area contributed by atoms with Gasteiger partial charge in [0.2, 0.25) is 0 Å². The van der Waals surface area contributed by atoms with Gasteiger partial charge in [0.05, 0.1) is 5.02 Å². The number of hydrogen-bond acceptors (Lipinski definition) is 1. The molecule has 0 amide bonds. The fraction of sp³-hybridized carbons (Fsp3) is 0.429. The first kappa shape index (κ1) is 14.2. The van der Waals surface area contributed by atoms with Gasteiger partial charge >= 0.3 is 0 Å². The van der Waals surface area contributed by atoms with E-state index in [0.717, 1.165) is 31.4 Å². The minimum atomic E-state index is -0.367. The summed E-state index contributed by atoms with van der Waals surface area (Å²) in [4.78, 5) is 0. The SMILES string of the molecule is C=CCCC(NCCC)c1ccc(F)c(Cl)c1. The van der Waals surface area contributed by atoms with E-state index in [0.29, 0.717) is 0 Å². The summed E-state index contributed by atoms with van der Waals surface area (Å²) in [5, 5.41) is 3.62. The monoisotopic (exact) mass is 255 g/mol. The Balaban J connectivity index is 2.78. The first-order valence-corrected chi connectivity index (χ1v) is 6.36. The molecule has 0 aromatic heterocycles. The van der Waals surface area contributed by atoms with Crippen molar-refractivity contribution in [2.24, 2.45) is 0 Å². The number of halogens is 2. The standard InChI is InChI=1S/C14H19ClFN/c1-3-5-6-14(17-9-4-2)11-7-8-13(16)12(15)10-11/h3,7-8,10,14,17H,1,4-6,9H2,2H3. The van der Waals surface area contributed by atoms with Crippen LogP contribution in [0.2, 0.25) is 5.02 Å². The van der Waals surface area contributed by atoms with Crippen LogP contribution in [0.4, 0.5) is 4.39 Å². The molecule has 17 heavy (non-hydrogen) atoms. The fourth-order valence-corrected chi connectivity index (χ4v) is 1.91. The molecule has 0 spiro atoms. The zero-order valence-electron chi connectivity index (χ0n) is 10.2. The predicted octanol–water partition coefficient (Wildman–Crippen LogP) is 4.49. The van der Waals surface area contributed by atoms with Gasteiger partial charge in [-0.15, -0.1) is 6.58 Å². The third kappa shape index (κ3) is 4.49. The maximum Gasteiger partial charge on any atom is 0.141 e. The zero-order valence-corrected chi connectivity index (χ0v) is 10.9. The Morgan fingerprint density at radius 1 is 1.53 bits per heavy atom. The second-order valence-corrected chi connectivity index (χ2v) is 4.45. The Kier molecular flexibility index (Phi) is 6.23. The quantitative estimate of drug-likeness (QED) is 0.708. The lowest BCUT2D eigenvalue weighted by atomic mass is 10.0. The first-order valence-electron chi connectivity index (χ1n) is 5.98. The summed E-state index contributed by atoms with van der Waals surface area (Å²) in [6, 6.07) is 5.13. The lowest BCUT2D eigenvalue weighted by Crippen LogP contribution is -2.22. The lowest BCUT2D eigenvalue weighted by Gasteiger charge is -2.18. The summed E-state index contributed by atoms with van der Waals surface area (Å²) in [6.45, 7) is 6.79. The van der Waals surface area contributed by atoms with Gasteiger partial charge in [-0.2, -0.15) is 0 Å². The van der Waals surface area contributed by atoms with Crippen molar-refractivity contribution in [3.8, 4) is 0 Å². The molecule has 0 fully saturated rings. The van der Waals surface area contributed by atoms with Crippen molar-refractivity contribution in [1.82, 2.24) is 5.32 Å². The molecule has 0 saturated carbocycles. The number of hydrogen-bond donors (Lipinski definition) is 1. The minimum absolute atomic E-state index is 0.185. The average molecular weight is 256 g/mol. The van der Waals surface area contributed by atoms with Crippen LogP contribution >= 0.6 is 11.6 Å². The Labute approximate surface area is 108 Å². The van der Waals surface area contributed by atoms with E-state index in [-0.39, 0.29) is 16.9 Å². The van der Waals surface area contributed by atoms with Crippen LogP contribution in [0.5, 0.6) is 0 Å². The molecule has 1 nitrogen and oxygen atoms in total. The van der Waals surface area contributed by atoms with Crippen LogP contribution in [0.15, 0.2) is 30.9 Å². The second kappa shape index (κ2) is 7.46. The molecule has 0 aliphatic carbocycles. The van der Waals surface area contributed by atoms with Gasteiger partial charge in [-0.25, -0.2) is 4.39 Å². The van der Waals surface area contributed by atoms with Crippen molar-refractivity contribution in [2.75, 3.05) is 6.54 Å². The molecule has 94 valence electrons. The van der Waals surface area contributed by atoms with Crippen LogP contribution in [0.3, 0.4) is 0 Å². The Morgan fingerprint density at radius 2 is 2.29 bits per heavy atom. The third-order valence-electron chi connectivity index (χ3n) is 2.65. The van der Waals surface area contributed by atoms with Crippen LogP contribution in [0.25, 0.3) is 0 Å². The summed E-state index contributed by atoms with van der Waals surface area (Å²) < 4.78 is 13.1. The number of benzene rings is 1. The molecule has 1 rings (SSSR count). The van der Waals surface area contributed by atoms with Crippen molar-refractivity contribution in [2.45, 2.75) is 32.2 Å². The Hall–Kier alpha value is -0.860. The van der Waals surface area contributed by atoms with Gasteiger partial charge in [-0.1, -0.05) is 30.7 Å². The van der Waals surface area contributed by atoms with Gasteiger partial charge in [0.15, 0.2) is 0 Å². The molecule has 1 N–H and O–H groups in total. The average Bonchev–Trinajstić information content (AvgIpc) is 2.33. The first-order chi connectivity index (χ1) is 8.19. The minimum Gasteiger partial charge on any atom is -0.310 e. The van der Waals surface area contributed by atoms with Gasteiger partial charge < -0.3 is 5.32 Å². The van der Waals surface area contributed by atoms with Gasteiger partial charge in [0, 0.05) is 6.04 Å². The molecule has 0 bridgehead atoms. The summed E-state index contributed by atoms with van der Waals surface area (Å²) in [6.07, 6.45) is 4.84. The number of nitrogens with one attached hydrogen (secondary N) is 1. The normalized spacial score (nSPS) is 12.4. The summed E-state index contributed by atoms with van der Waals surface area (Å²) in [5.41, 5.74) is 1.03. The highest BCUT2D eigenvalue weighted by molar-refractivity contribution is 6.30. The molecule has 1 unspecified atom stereocenters. The summed E-state index contributed by atoms with van der Waals surface area (Å²) in [7, 11) is 0. The van der Waals surface area contributed by atoms with Crippen molar-refractivity contribution in [1.29, 1.82) is 0 Å². The highest BCUT2D eigenvalue weighted by atomic mass is 35.5. The number of allylic oxidation sites excluding steroid dienone is 1. The Morgan fingerprint density at radius 3 is 2.88 bits per heavy atom. The molecule has 0 heterocycles. The Bertz CT molecular complexity index is 365. The smallest absolute Gasteiger partial charge is 0.141 e. The second-order valence-electron chi connectivity index (χ2n) is 4.05. The van der Waals surface area contributed by atoms with Gasteiger partial charge in [-0.05, 0) is 43.5 Å². The molecule has 0 aliphatic heterocycles. The van der Waals surface area contributed by atoms with Crippen LogP contribution in [0.1, 0.15) is 37.8 Å². The van der Waals surface area contributed by atoms with Crippen LogP contribution < -0.4 is 5.32 Å². The van der Waals surface area contributed by atoms with Crippen molar-refractivity contribution in [3.05, 3.63) is 47.3 Å². The fourth-order valence-electron chi connectivity index (χ4n) is 1.72. The molecule has 1 aromatic carbocycles. The highest BCUT2D eigenvalue weighted by Gasteiger charge is 2.11. The lowest BCUT2D eigenvalue weighted by molar-refractivity contribution is 0.502. The molecular weight excluding hydrogens is 237 g/mol. The highest BCUT2D eigenvalue weighted by Crippen LogP contribution is 2.24. The molecule has 1 aromatic rings. The van der Waals surface area contributed by atoms with E-state index >= 15 is 0 Å². The van der Waals surface area contributed by atoms with Crippen LogP contribution in [0, 0.1) is 5.82 Å². The maximum absolute atomic E-state index is 13.1. The number of rotatable bonds is 7. The predicted molar refractivity (Wildman–Crippen MR) is 71.9 cm³/mol. The van der Waals surface area contributed by atoms with E-state index in [4.69, 9.17) is 11.6 Å². The van der Waals surface area contributed by atoms with Crippen LogP contribution in [-0.4, -0.2) is 6.54 Å². The van der Waals surface area contributed by atoms with E-state index in [1.54, 1.807) is 12.1 Å². The van der Waals surface area contributed by atoms with Crippen molar-refractivity contribution < 1.29 is 4.39 Å². The summed E-state index contributed by atoms with van der Waals surface area (Å²) in [5.74, 6) is -0.367. The van der Waals surface area contributed by atoms with E-state index in [1.165, 1.54) is 6.07 Å². The molecular formula is C14H19ClFN. The van der Waals surface area contributed by atoms with Gasteiger partial charge in [-0.3, -0.25) is 0 Å². The van der Waals surface area contributed by atoms with E-state index in [9.17, 15) is 4.39 Å². The largest absolute Gasteiger partial charge is 0.310 e. The zero-order chi connectivity index (χ0) is 12.7.